The third kappa shape index (κ3) is 7.50. The molecule has 0 fully saturated rings. The lowest BCUT2D eigenvalue weighted by Crippen LogP contribution is -2.21. The Morgan fingerprint density at radius 1 is 1.05 bits per heavy atom. The summed E-state index contributed by atoms with van der Waals surface area (Å²) in [6.07, 6.45) is 3.59. The Hall–Kier alpha value is -4.01. The zero-order valence-corrected chi connectivity index (χ0v) is 26.9. The smallest absolute Gasteiger partial charge is 0.324 e. The number of halogens is 1. The Bertz CT molecular complexity index is 1750. The number of alkyl halides is 1. The number of pyridine rings is 1. The highest BCUT2D eigenvalue weighted by Gasteiger charge is 2.19. The first-order valence-corrected chi connectivity index (χ1v) is 15.8. The van der Waals surface area contributed by atoms with E-state index in [0.717, 1.165) is 39.9 Å². The fraction of sp³-hybridized carbons (Fsp3) is 0.226. The Balaban J connectivity index is 1.37. The number of nitrogens with one attached hydrogen (secondary N) is 3. The lowest BCUT2D eigenvalue weighted by atomic mass is 10.1. The first kappa shape index (κ1) is 30.4. The molecule has 0 radical (unpaired) electrons. The highest BCUT2D eigenvalue weighted by atomic mass is 127. The lowest BCUT2D eigenvalue weighted by Gasteiger charge is -2.14. The summed E-state index contributed by atoms with van der Waals surface area (Å²) in [5.41, 5.74) is 2.69. The van der Waals surface area contributed by atoms with E-state index in [1.165, 1.54) is 7.11 Å². The van der Waals surface area contributed by atoms with Crippen molar-refractivity contribution in [1.82, 2.24) is 14.8 Å². The van der Waals surface area contributed by atoms with Crippen molar-refractivity contribution in [3.8, 4) is 16.5 Å². The Morgan fingerprint density at radius 3 is 2.60 bits per heavy atom. The van der Waals surface area contributed by atoms with E-state index >= 15 is 0 Å². The Labute approximate surface area is 266 Å². The summed E-state index contributed by atoms with van der Waals surface area (Å²) in [6, 6.07) is 18.2. The number of carbonyl (C=O) groups excluding carboxylic acids is 2. The average Bonchev–Trinajstić information content (AvgIpc) is 3.61. The van der Waals surface area contributed by atoms with Crippen LogP contribution in [0.2, 0.25) is 0 Å². The minimum atomic E-state index is -0.383. The van der Waals surface area contributed by atoms with Gasteiger partial charge in [-0.3, -0.25) is 10.1 Å². The molecule has 3 amide bonds. The average molecular weight is 711 g/mol. The molecule has 5 aromatic rings. The van der Waals surface area contributed by atoms with Gasteiger partial charge in [0, 0.05) is 36.2 Å². The maximum absolute atomic E-state index is 13.3. The number of carbonyl (C=O) groups is 2. The molecule has 1 atom stereocenters. The number of aryl methyl sites for hydroxylation is 1. The number of anilines is 3. The number of fused-ring (bicyclic) bond motifs is 1. The van der Waals surface area contributed by atoms with Crippen LogP contribution in [0.25, 0.3) is 15.8 Å². The molecule has 12 heteroatoms. The Kier molecular flexibility index (Phi) is 9.89. The van der Waals surface area contributed by atoms with Crippen LogP contribution in [0, 0.1) is 6.92 Å². The minimum Gasteiger partial charge on any atom is -0.457 e. The van der Waals surface area contributed by atoms with Crippen molar-refractivity contribution in [2.75, 3.05) is 29.7 Å². The topological polar surface area (TPSA) is 119 Å². The predicted octanol–water partition coefficient (Wildman–Crippen LogP) is 8.09. The normalized spacial score (nSPS) is 11.7. The van der Waals surface area contributed by atoms with Gasteiger partial charge in [0.05, 0.1) is 15.3 Å². The van der Waals surface area contributed by atoms with Gasteiger partial charge in [-0.05, 0) is 48.6 Å². The van der Waals surface area contributed by atoms with Gasteiger partial charge in [-0.2, -0.15) is 5.10 Å². The molecule has 0 saturated heterocycles. The van der Waals surface area contributed by atoms with Crippen molar-refractivity contribution in [3.63, 3.8) is 0 Å². The molecule has 43 heavy (non-hydrogen) atoms. The summed E-state index contributed by atoms with van der Waals surface area (Å²) in [4.78, 5) is 29.4. The minimum absolute atomic E-state index is 0.0751. The molecule has 1 unspecified atom stereocenters. The molecular formula is C31H31IN6O4S. The molecule has 3 N–H and O–H groups in total. The van der Waals surface area contributed by atoms with Gasteiger partial charge in [-0.25, -0.2) is 14.5 Å². The quantitative estimate of drug-likeness (QED) is 0.0942. The third-order valence-electron chi connectivity index (χ3n) is 6.39. The maximum Gasteiger partial charge on any atom is 0.324 e. The number of methoxy groups -OCH3 is 1. The molecule has 222 valence electrons. The van der Waals surface area contributed by atoms with E-state index in [-0.39, 0.29) is 22.5 Å². The van der Waals surface area contributed by atoms with E-state index in [2.05, 4.69) is 61.9 Å². The highest BCUT2D eigenvalue weighted by Crippen LogP contribution is 2.35. The van der Waals surface area contributed by atoms with Crippen molar-refractivity contribution in [2.24, 2.45) is 0 Å². The first-order valence-electron chi connectivity index (χ1n) is 13.7. The standard InChI is InChI=1S/C31H31IN6O4S/c1-4-7-23(32)25-16-28(38(37-25)30-14-19(2)18-43-30)36-31(40)34-24-10-11-26(22-9-6-5-8-21(22)24)42-20-12-13-33-27(15-20)35-29(39)17-41-3/h5-6,8-16,18,23H,4,7,17H2,1-3H3,(H,33,35,39)(H2,34,36,40). The van der Waals surface area contributed by atoms with Crippen molar-refractivity contribution < 1.29 is 19.1 Å². The van der Waals surface area contributed by atoms with Crippen LogP contribution in [0.5, 0.6) is 11.5 Å². The van der Waals surface area contributed by atoms with Gasteiger partial charge < -0.3 is 20.1 Å². The fourth-order valence-corrected chi connectivity index (χ4v) is 6.25. The largest absolute Gasteiger partial charge is 0.457 e. The van der Waals surface area contributed by atoms with Crippen molar-refractivity contribution in [2.45, 2.75) is 30.6 Å². The molecule has 5 rings (SSSR count). The molecule has 0 aliphatic heterocycles. The van der Waals surface area contributed by atoms with Gasteiger partial charge in [0.1, 0.15) is 34.7 Å². The predicted molar refractivity (Wildman–Crippen MR) is 179 cm³/mol. The van der Waals surface area contributed by atoms with Crippen LogP contribution >= 0.6 is 33.9 Å². The van der Waals surface area contributed by atoms with E-state index in [4.69, 9.17) is 14.6 Å². The number of thiophene rings is 1. The number of nitrogens with zero attached hydrogens (tertiary/aromatic N) is 3. The van der Waals surface area contributed by atoms with Crippen LogP contribution in [-0.2, 0) is 9.53 Å². The number of urea groups is 1. The SMILES string of the molecule is CCCC(I)c1cc(NC(=O)Nc2ccc(Oc3ccnc(NC(=O)COC)c3)c3ccccc23)n(-c2cc(C)cs2)n1. The molecular weight excluding hydrogens is 679 g/mol. The van der Waals surface area contributed by atoms with E-state index in [1.807, 2.05) is 37.3 Å². The number of benzene rings is 2. The fourth-order valence-electron chi connectivity index (χ4n) is 4.46. The maximum atomic E-state index is 13.3. The number of hydrogen-bond donors (Lipinski definition) is 3. The summed E-state index contributed by atoms with van der Waals surface area (Å²) in [7, 11) is 1.45. The van der Waals surface area contributed by atoms with Crippen molar-refractivity contribution >= 4 is 74.0 Å². The van der Waals surface area contributed by atoms with Crippen LogP contribution in [0.3, 0.4) is 0 Å². The van der Waals surface area contributed by atoms with Crippen LogP contribution in [-0.4, -0.2) is 40.4 Å². The van der Waals surface area contributed by atoms with Gasteiger partial charge in [0.15, 0.2) is 0 Å². The van der Waals surface area contributed by atoms with Crippen molar-refractivity contribution in [3.05, 3.63) is 83.5 Å². The van der Waals surface area contributed by atoms with Gasteiger partial charge in [-0.15, -0.1) is 11.3 Å². The summed E-state index contributed by atoms with van der Waals surface area (Å²) >= 11 is 3.98. The molecule has 0 aliphatic rings. The van der Waals surface area contributed by atoms with E-state index < -0.39 is 0 Å². The number of amides is 3. The van der Waals surface area contributed by atoms with Crippen LogP contribution in [0.15, 0.2) is 72.2 Å². The molecule has 0 aliphatic carbocycles. The second-order valence-corrected chi connectivity index (χ2v) is 12.2. The first-order chi connectivity index (χ1) is 20.8. The van der Waals surface area contributed by atoms with Gasteiger partial charge in [0.2, 0.25) is 0 Å². The van der Waals surface area contributed by atoms with Gasteiger partial charge >= 0.3 is 6.03 Å². The van der Waals surface area contributed by atoms with Crippen LogP contribution < -0.4 is 20.7 Å². The highest BCUT2D eigenvalue weighted by molar-refractivity contribution is 14.1. The van der Waals surface area contributed by atoms with Crippen molar-refractivity contribution in [1.29, 1.82) is 0 Å². The zero-order valence-electron chi connectivity index (χ0n) is 23.9. The molecule has 3 heterocycles. The van der Waals surface area contributed by atoms with Gasteiger partial charge in [-0.1, -0.05) is 60.2 Å². The van der Waals surface area contributed by atoms with E-state index in [9.17, 15) is 9.59 Å². The van der Waals surface area contributed by atoms with Gasteiger partial charge in [0.25, 0.3) is 5.91 Å². The number of hydrogen-bond acceptors (Lipinski definition) is 7. The Morgan fingerprint density at radius 2 is 1.86 bits per heavy atom. The zero-order chi connectivity index (χ0) is 30.3. The monoisotopic (exact) mass is 710 g/mol. The number of rotatable bonds is 11. The lowest BCUT2D eigenvalue weighted by molar-refractivity contribution is -0.119. The summed E-state index contributed by atoms with van der Waals surface area (Å²) < 4.78 is 13.1. The third-order valence-corrected chi connectivity index (χ3v) is 8.68. The molecule has 10 nitrogen and oxygen atoms in total. The summed E-state index contributed by atoms with van der Waals surface area (Å²) in [6.45, 7) is 4.11. The molecule has 0 saturated carbocycles. The second kappa shape index (κ2) is 14.0. The summed E-state index contributed by atoms with van der Waals surface area (Å²) in [5.74, 6) is 1.72. The summed E-state index contributed by atoms with van der Waals surface area (Å²) in [5, 5.41) is 18.1. The molecule has 0 spiro atoms. The van der Waals surface area contributed by atoms with Crippen LogP contribution in [0.1, 0.15) is 34.9 Å². The van der Waals surface area contributed by atoms with E-state index in [0.29, 0.717) is 28.8 Å². The second-order valence-electron chi connectivity index (χ2n) is 9.78. The van der Waals surface area contributed by atoms with Crippen LogP contribution in [0.4, 0.5) is 22.1 Å². The number of ether oxygens (including phenoxy) is 2. The van der Waals surface area contributed by atoms with E-state index in [1.54, 1.807) is 46.5 Å². The number of aromatic nitrogens is 3. The molecule has 0 bridgehead atoms. The molecule has 3 aromatic heterocycles. The molecule has 2 aromatic carbocycles.